The molecule has 134 valence electrons. The van der Waals surface area contributed by atoms with Crippen molar-refractivity contribution in [3.05, 3.63) is 47.3 Å². The fourth-order valence-electron chi connectivity index (χ4n) is 3.31. The van der Waals surface area contributed by atoms with E-state index in [4.69, 9.17) is 15.0 Å². The molecule has 1 aromatic heterocycles. The number of carbonyl (C=O) groups is 1. The maximum Gasteiger partial charge on any atom is 0.248 e. The number of benzene rings is 1. The number of piperidine rings is 1. The van der Waals surface area contributed by atoms with Gasteiger partial charge in [0.25, 0.3) is 0 Å². The van der Waals surface area contributed by atoms with Gasteiger partial charge in [-0.15, -0.1) is 0 Å². The van der Waals surface area contributed by atoms with E-state index in [1.165, 1.54) is 12.8 Å². The molecule has 0 bridgehead atoms. The Hall–Kier alpha value is -2.34. The molecule has 0 radical (unpaired) electrons. The average Bonchev–Trinajstić information content (AvgIpc) is 3.06. The van der Waals surface area contributed by atoms with Gasteiger partial charge in [-0.2, -0.15) is 0 Å². The zero-order chi connectivity index (χ0) is 17.6. The number of ether oxygens (including phenoxy) is 1. The molecule has 2 N–H and O–H groups in total. The molecule has 6 heteroatoms. The van der Waals surface area contributed by atoms with Crippen LogP contribution in [0.1, 0.15) is 53.5 Å². The minimum Gasteiger partial charge on any atom is -0.494 e. The largest absolute Gasteiger partial charge is 0.494 e. The van der Waals surface area contributed by atoms with Crippen molar-refractivity contribution >= 4 is 5.91 Å². The quantitative estimate of drug-likeness (QED) is 0.781. The van der Waals surface area contributed by atoms with E-state index in [0.29, 0.717) is 18.2 Å². The van der Waals surface area contributed by atoms with E-state index >= 15 is 0 Å². The smallest absolute Gasteiger partial charge is 0.248 e. The van der Waals surface area contributed by atoms with Crippen molar-refractivity contribution in [2.75, 3.05) is 19.7 Å². The first kappa shape index (κ1) is 17.5. The van der Waals surface area contributed by atoms with E-state index in [0.717, 1.165) is 43.1 Å². The lowest BCUT2D eigenvalue weighted by Crippen LogP contribution is -2.35. The summed E-state index contributed by atoms with van der Waals surface area (Å²) in [7, 11) is 0. The number of primary amides is 1. The molecule has 3 rings (SSSR count). The van der Waals surface area contributed by atoms with E-state index in [1.54, 1.807) is 24.3 Å². The van der Waals surface area contributed by atoms with Crippen LogP contribution < -0.4 is 10.5 Å². The molecule has 0 saturated carbocycles. The highest BCUT2D eigenvalue weighted by Gasteiger charge is 2.25. The van der Waals surface area contributed by atoms with Gasteiger partial charge in [-0.3, -0.25) is 9.69 Å². The zero-order valence-corrected chi connectivity index (χ0v) is 14.6. The van der Waals surface area contributed by atoms with Gasteiger partial charge in [0.15, 0.2) is 0 Å². The van der Waals surface area contributed by atoms with Gasteiger partial charge in [0.2, 0.25) is 5.91 Å². The monoisotopic (exact) mass is 343 g/mol. The third-order valence-electron chi connectivity index (χ3n) is 4.60. The van der Waals surface area contributed by atoms with Crippen LogP contribution in [0.4, 0.5) is 0 Å². The van der Waals surface area contributed by atoms with Gasteiger partial charge in [0, 0.05) is 18.2 Å². The van der Waals surface area contributed by atoms with Crippen LogP contribution in [-0.4, -0.2) is 35.7 Å². The number of nitrogens with two attached hydrogens (primary N) is 1. The molecular formula is C19H25N3O3. The number of aromatic nitrogens is 1. The Bertz CT molecular complexity index is 696. The Balaban J connectivity index is 1.47. The molecule has 0 spiro atoms. The van der Waals surface area contributed by atoms with Crippen molar-refractivity contribution in [1.82, 2.24) is 10.1 Å². The number of carbonyl (C=O) groups excluding carboxylic acids is 1. The van der Waals surface area contributed by atoms with E-state index < -0.39 is 5.91 Å². The molecule has 2 heterocycles. The summed E-state index contributed by atoms with van der Waals surface area (Å²) in [5, 5.41) is 4.20. The van der Waals surface area contributed by atoms with Gasteiger partial charge in [-0.25, -0.2) is 0 Å². The summed E-state index contributed by atoms with van der Waals surface area (Å²) < 4.78 is 11.0. The van der Waals surface area contributed by atoms with E-state index in [-0.39, 0.29) is 0 Å². The van der Waals surface area contributed by atoms with Crippen LogP contribution in [0.15, 0.2) is 34.9 Å². The van der Waals surface area contributed by atoms with Gasteiger partial charge >= 0.3 is 0 Å². The normalized spacial score (nSPS) is 18.2. The number of nitrogens with zero attached hydrogens (tertiary/aromatic N) is 2. The fourth-order valence-corrected chi connectivity index (χ4v) is 3.31. The van der Waals surface area contributed by atoms with Crippen LogP contribution >= 0.6 is 0 Å². The lowest BCUT2D eigenvalue weighted by atomic mass is 9.99. The standard InChI is InChI=1S/C19H25N3O3/c1-14-13-17(21-25-14)18-5-2-3-10-22(18)11-4-12-24-16-8-6-15(7-9-16)19(20)23/h6-9,13,18H,2-5,10-12H2,1H3,(H2,20,23)/t18-/m1/s1. The maximum atomic E-state index is 11.1. The van der Waals surface area contributed by atoms with Crippen molar-refractivity contribution in [3.63, 3.8) is 0 Å². The topological polar surface area (TPSA) is 81.6 Å². The number of likely N-dealkylation sites (tertiary alicyclic amines) is 1. The Morgan fingerprint density at radius 2 is 2.16 bits per heavy atom. The van der Waals surface area contributed by atoms with Crippen molar-refractivity contribution < 1.29 is 14.1 Å². The molecule has 25 heavy (non-hydrogen) atoms. The van der Waals surface area contributed by atoms with Crippen LogP contribution in [0.25, 0.3) is 0 Å². The van der Waals surface area contributed by atoms with Crippen LogP contribution in [0.2, 0.25) is 0 Å². The predicted octanol–water partition coefficient (Wildman–Crippen LogP) is 3.08. The van der Waals surface area contributed by atoms with Crippen molar-refractivity contribution in [3.8, 4) is 5.75 Å². The Kier molecular flexibility index (Phi) is 5.71. The first-order chi connectivity index (χ1) is 12.1. The van der Waals surface area contributed by atoms with Gasteiger partial charge < -0.3 is 15.0 Å². The van der Waals surface area contributed by atoms with Gasteiger partial charge in [0.1, 0.15) is 17.2 Å². The third kappa shape index (κ3) is 4.60. The summed E-state index contributed by atoms with van der Waals surface area (Å²) in [6.45, 7) is 4.62. The van der Waals surface area contributed by atoms with Crippen LogP contribution in [-0.2, 0) is 0 Å². The first-order valence-electron chi connectivity index (χ1n) is 8.83. The van der Waals surface area contributed by atoms with Crippen LogP contribution in [0.5, 0.6) is 5.75 Å². The second kappa shape index (κ2) is 8.16. The SMILES string of the molecule is Cc1cc([C@H]2CCCCN2CCCOc2ccc(C(N)=O)cc2)no1. The maximum absolute atomic E-state index is 11.1. The second-order valence-corrected chi connectivity index (χ2v) is 6.50. The lowest BCUT2D eigenvalue weighted by molar-refractivity contribution is 0.1000. The van der Waals surface area contributed by atoms with Crippen molar-refractivity contribution in [2.24, 2.45) is 5.73 Å². The molecule has 6 nitrogen and oxygen atoms in total. The number of hydrogen-bond donors (Lipinski definition) is 1. The van der Waals surface area contributed by atoms with Gasteiger partial charge in [0.05, 0.1) is 12.6 Å². The van der Waals surface area contributed by atoms with E-state index in [1.807, 2.05) is 13.0 Å². The summed E-state index contributed by atoms with van der Waals surface area (Å²) >= 11 is 0. The highest BCUT2D eigenvalue weighted by atomic mass is 16.5. The lowest BCUT2D eigenvalue weighted by Gasteiger charge is -2.34. The Morgan fingerprint density at radius 1 is 1.36 bits per heavy atom. The number of amides is 1. The van der Waals surface area contributed by atoms with Gasteiger partial charge in [-0.1, -0.05) is 11.6 Å². The average molecular weight is 343 g/mol. The highest BCUT2D eigenvalue weighted by Crippen LogP contribution is 2.30. The Morgan fingerprint density at radius 3 is 2.84 bits per heavy atom. The summed E-state index contributed by atoms with van der Waals surface area (Å²) in [4.78, 5) is 13.5. The molecule has 2 aromatic rings. The molecule has 1 amide bonds. The molecule has 1 fully saturated rings. The minimum atomic E-state index is -0.425. The minimum absolute atomic E-state index is 0.348. The molecule has 1 saturated heterocycles. The van der Waals surface area contributed by atoms with E-state index in [2.05, 4.69) is 10.1 Å². The number of hydrogen-bond acceptors (Lipinski definition) is 5. The van der Waals surface area contributed by atoms with Gasteiger partial charge in [-0.05, 0) is 57.0 Å². The van der Waals surface area contributed by atoms with E-state index in [9.17, 15) is 4.79 Å². The molecule has 1 aromatic carbocycles. The van der Waals surface area contributed by atoms with Crippen LogP contribution in [0.3, 0.4) is 0 Å². The Labute approximate surface area is 147 Å². The summed E-state index contributed by atoms with van der Waals surface area (Å²) in [5.41, 5.74) is 6.77. The summed E-state index contributed by atoms with van der Waals surface area (Å²) in [6, 6.07) is 9.32. The second-order valence-electron chi connectivity index (χ2n) is 6.50. The van der Waals surface area contributed by atoms with Crippen molar-refractivity contribution in [1.29, 1.82) is 0 Å². The number of rotatable bonds is 7. The zero-order valence-electron chi connectivity index (χ0n) is 14.6. The third-order valence-corrected chi connectivity index (χ3v) is 4.60. The first-order valence-corrected chi connectivity index (χ1v) is 8.83. The van der Waals surface area contributed by atoms with Crippen LogP contribution in [0, 0.1) is 6.92 Å². The molecule has 1 atom stereocenters. The van der Waals surface area contributed by atoms with Crippen molar-refractivity contribution in [2.45, 2.75) is 38.6 Å². The molecule has 0 aliphatic carbocycles. The number of aryl methyl sites for hydroxylation is 1. The molecule has 0 unspecified atom stereocenters. The summed E-state index contributed by atoms with van der Waals surface area (Å²) in [5.74, 6) is 1.20. The molecule has 1 aliphatic heterocycles. The molecular weight excluding hydrogens is 318 g/mol. The highest BCUT2D eigenvalue weighted by molar-refractivity contribution is 5.92. The molecule has 1 aliphatic rings. The predicted molar refractivity (Wildman–Crippen MR) is 94.5 cm³/mol. The fraction of sp³-hybridized carbons (Fsp3) is 0.474. The summed E-state index contributed by atoms with van der Waals surface area (Å²) in [6.07, 6.45) is 4.52.